The number of amides is 1. The largest absolute Gasteiger partial charge is 0.478 e. The van der Waals surface area contributed by atoms with Crippen molar-refractivity contribution in [3.8, 4) is 0 Å². The van der Waals surface area contributed by atoms with Gasteiger partial charge in [0.1, 0.15) is 5.56 Å². The Kier molecular flexibility index (Phi) is 3.81. The van der Waals surface area contributed by atoms with Gasteiger partial charge in [0.25, 0.3) is 5.91 Å². The highest BCUT2D eigenvalue weighted by molar-refractivity contribution is 6.31. The quantitative estimate of drug-likeness (QED) is 0.812. The van der Waals surface area contributed by atoms with E-state index in [0.717, 1.165) is 5.56 Å². The Morgan fingerprint density at radius 3 is 2.60 bits per heavy atom. The number of carbonyl (C=O) groups is 2. The Morgan fingerprint density at radius 2 is 2.00 bits per heavy atom. The second-order valence-electron chi connectivity index (χ2n) is 4.43. The molecule has 0 atom stereocenters. The number of nitrogens with one attached hydrogen (secondary N) is 2. The fourth-order valence-electron chi connectivity index (χ4n) is 1.83. The zero-order valence-electron chi connectivity index (χ0n) is 11.0. The summed E-state index contributed by atoms with van der Waals surface area (Å²) in [6.45, 7) is 3.46. The number of carboxylic acid groups (broad SMARTS) is 1. The fraction of sp³-hybridized carbons (Fsp3) is 0.143. The SMILES string of the molecule is Cc1ccc(C(=O)Nc2c[nH]c(C)c2C(=O)O)cc1Cl. The number of anilines is 1. The average Bonchev–Trinajstić information content (AvgIpc) is 2.73. The average molecular weight is 293 g/mol. The normalized spacial score (nSPS) is 10.3. The topological polar surface area (TPSA) is 82.2 Å². The molecule has 1 heterocycles. The predicted molar refractivity (Wildman–Crippen MR) is 76.6 cm³/mol. The number of H-pyrrole nitrogens is 1. The van der Waals surface area contributed by atoms with Crippen LogP contribution in [0.3, 0.4) is 0 Å². The smallest absolute Gasteiger partial charge is 0.339 e. The van der Waals surface area contributed by atoms with Gasteiger partial charge in [-0.2, -0.15) is 0 Å². The molecule has 2 aromatic rings. The molecule has 0 radical (unpaired) electrons. The van der Waals surface area contributed by atoms with Crippen LogP contribution in [0.2, 0.25) is 5.02 Å². The molecule has 0 saturated heterocycles. The summed E-state index contributed by atoms with van der Waals surface area (Å²) in [5, 5.41) is 12.2. The number of carbonyl (C=O) groups excluding carboxylic acids is 1. The van der Waals surface area contributed by atoms with Crippen LogP contribution in [0.25, 0.3) is 0 Å². The first-order valence-corrected chi connectivity index (χ1v) is 6.26. The van der Waals surface area contributed by atoms with Crippen LogP contribution in [0.15, 0.2) is 24.4 Å². The number of aromatic carboxylic acids is 1. The van der Waals surface area contributed by atoms with Gasteiger partial charge in [-0.05, 0) is 31.5 Å². The third kappa shape index (κ3) is 2.67. The molecule has 2 rings (SSSR count). The molecular formula is C14H13ClN2O3. The number of halogens is 1. The fourth-order valence-corrected chi connectivity index (χ4v) is 2.01. The predicted octanol–water partition coefficient (Wildman–Crippen LogP) is 3.24. The van der Waals surface area contributed by atoms with Gasteiger partial charge < -0.3 is 15.4 Å². The molecule has 20 heavy (non-hydrogen) atoms. The van der Waals surface area contributed by atoms with E-state index in [-0.39, 0.29) is 11.3 Å². The van der Waals surface area contributed by atoms with Gasteiger partial charge in [0.2, 0.25) is 0 Å². The number of benzene rings is 1. The molecule has 0 aliphatic rings. The van der Waals surface area contributed by atoms with E-state index in [4.69, 9.17) is 16.7 Å². The summed E-state index contributed by atoms with van der Waals surface area (Å²) >= 11 is 5.97. The second-order valence-corrected chi connectivity index (χ2v) is 4.83. The molecule has 0 aliphatic carbocycles. The van der Waals surface area contributed by atoms with Crippen LogP contribution in [0.5, 0.6) is 0 Å². The van der Waals surface area contributed by atoms with Crippen molar-refractivity contribution in [1.82, 2.24) is 4.98 Å². The van der Waals surface area contributed by atoms with E-state index in [1.807, 2.05) is 6.92 Å². The second kappa shape index (κ2) is 5.38. The van der Waals surface area contributed by atoms with Crippen molar-refractivity contribution >= 4 is 29.2 Å². The molecule has 0 spiro atoms. The minimum Gasteiger partial charge on any atom is -0.478 e. The van der Waals surface area contributed by atoms with Gasteiger partial charge in [-0.15, -0.1) is 0 Å². The van der Waals surface area contributed by atoms with E-state index < -0.39 is 11.9 Å². The first-order chi connectivity index (χ1) is 9.40. The molecule has 1 aromatic carbocycles. The van der Waals surface area contributed by atoms with Crippen LogP contribution in [-0.2, 0) is 0 Å². The van der Waals surface area contributed by atoms with E-state index in [1.54, 1.807) is 25.1 Å². The summed E-state index contributed by atoms with van der Waals surface area (Å²) in [5.41, 5.74) is 2.01. The third-order valence-electron chi connectivity index (χ3n) is 2.97. The summed E-state index contributed by atoms with van der Waals surface area (Å²) in [4.78, 5) is 26.0. The lowest BCUT2D eigenvalue weighted by molar-refractivity contribution is 0.0697. The van der Waals surface area contributed by atoms with Crippen LogP contribution in [0, 0.1) is 13.8 Å². The molecule has 0 aliphatic heterocycles. The van der Waals surface area contributed by atoms with Crippen LogP contribution in [-0.4, -0.2) is 22.0 Å². The number of rotatable bonds is 3. The number of hydrogen-bond acceptors (Lipinski definition) is 2. The summed E-state index contributed by atoms with van der Waals surface area (Å²) in [5.74, 6) is -1.51. The Hall–Kier alpha value is -2.27. The van der Waals surface area contributed by atoms with Crippen molar-refractivity contribution in [2.24, 2.45) is 0 Å². The first-order valence-electron chi connectivity index (χ1n) is 5.89. The Morgan fingerprint density at radius 1 is 1.30 bits per heavy atom. The van der Waals surface area contributed by atoms with E-state index in [2.05, 4.69) is 10.3 Å². The summed E-state index contributed by atoms with van der Waals surface area (Å²) in [6.07, 6.45) is 1.45. The van der Waals surface area contributed by atoms with E-state index in [1.165, 1.54) is 6.20 Å². The molecule has 0 fully saturated rings. The van der Waals surface area contributed by atoms with E-state index in [0.29, 0.717) is 16.3 Å². The maximum absolute atomic E-state index is 12.1. The van der Waals surface area contributed by atoms with Gasteiger partial charge in [-0.25, -0.2) is 4.79 Å². The maximum Gasteiger partial charge on any atom is 0.339 e. The van der Waals surface area contributed by atoms with Gasteiger partial charge in [-0.3, -0.25) is 4.79 Å². The van der Waals surface area contributed by atoms with Crippen molar-refractivity contribution in [1.29, 1.82) is 0 Å². The molecule has 1 amide bonds. The lowest BCUT2D eigenvalue weighted by Crippen LogP contribution is -2.14. The van der Waals surface area contributed by atoms with Crippen LogP contribution >= 0.6 is 11.6 Å². The molecule has 3 N–H and O–H groups in total. The van der Waals surface area contributed by atoms with Crippen molar-refractivity contribution in [3.05, 3.63) is 51.8 Å². The molecule has 1 aromatic heterocycles. The van der Waals surface area contributed by atoms with Crippen LogP contribution in [0.1, 0.15) is 32.0 Å². The van der Waals surface area contributed by atoms with Gasteiger partial charge in [-0.1, -0.05) is 17.7 Å². The molecular weight excluding hydrogens is 280 g/mol. The summed E-state index contributed by atoms with van der Waals surface area (Å²) in [7, 11) is 0. The zero-order chi connectivity index (χ0) is 14.9. The molecule has 6 heteroatoms. The Bertz CT molecular complexity index is 692. The minimum atomic E-state index is -1.10. The zero-order valence-corrected chi connectivity index (χ0v) is 11.7. The lowest BCUT2D eigenvalue weighted by atomic mass is 10.1. The summed E-state index contributed by atoms with van der Waals surface area (Å²) in [6, 6.07) is 4.92. The number of aromatic amines is 1. The molecule has 0 unspecified atom stereocenters. The van der Waals surface area contributed by atoms with Crippen molar-refractivity contribution in [2.75, 3.05) is 5.32 Å². The Labute approximate surface area is 120 Å². The van der Waals surface area contributed by atoms with Crippen molar-refractivity contribution < 1.29 is 14.7 Å². The number of aryl methyl sites for hydroxylation is 2. The number of hydrogen-bond donors (Lipinski definition) is 3. The number of aromatic nitrogens is 1. The van der Waals surface area contributed by atoms with Gasteiger partial charge in [0.15, 0.2) is 0 Å². The molecule has 0 bridgehead atoms. The summed E-state index contributed by atoms with van der Waals surface area (Å²) < 4.78 is 0. The van der Waals surface area contributed by atoms with Crippen molar-refractivity contribution in [3.63, 3.8) is 0 Å². The van der Waals surface area contributed by atoms with Gasteiger partial charge >= 0.3 is 5.97 Å². The molecule has 0 saturated carbocycles. The van der Waals surface area contributed by atoms with Crippen LogP contribution in [0.4, 0.5) is 5.69 Å². The third-order valence-corrected chi connectivity index (χ3v) is 3.38. The standard InChI is InChI=1S/C14H13ClN2O3/c1-7-3-4-9(5-10(7)15)13(18)17-11-6-16-8(2)12(11)14(19)20/h3-6,16H,1-2H3,(H,17,18)(H,19,20). The highest BCUT2D eigenvalue weighted by atomic mass is 35.5. The maximum atomic E-state index is 12.1. The Balaban J connectivity index is 2.28. The number of carboxylic acids is 1. The van der Waals surface area contributed by atoms with Crippen LogP contribution < -0.4 is 5.32 Å². The van der Waals surface area contributed by atoms with E-state index in [9.17, 15) is 9.59 Å². The van der Waals surface area contributed by atoms with Gasteiger partial charge in [0.05, 0.1) is 5.69 Å². The minimum absolute atomic E-state index is 0.0524. The highest BCUT2D eigenvalue weighted by Gasteiger charge is 2.17. The van der Waals surface area contributed by atoms with Crippen molar-refractivity contribution in [2.45, 2.75) is 13.8 Å². The first kappa shape index (κ1) is 14.1. The molecule has 5 nitrogen and oxygen atoms in total. The van der Waals surface area contributed by atoms with Gasteiger partial charge in [0, 0.05) is 22.5 Å². The van der Waals surface area contributed by atoms with E-state index >= 15 is 0 Å². The molecule has 104 valence electrons. The highest BCUT2D eigenvalue weighted by Crippen LogP contribution is 2.21. The monoisotopic (exact) mass is 292 g/mol. The lowest BCUT2D eigenvalue weighted by Gasteiger charge is -2.06.